The van der Waals surface area contributed by atoms with Crippen LogP contribution in [0.5, 0.6) is 11.5 Å². The summed E-state index contributed by atoms with van der Waals surface area (Å²) in [5.41, 5.74) is 0.546. The summed E-state index contributed by atoms with van der Waals surface area (Å²) in [7, 11) is 0. The molecule has 1 aromatic heterocycles. The number of nitrogens with zero attached hydrogens (tertiary/aromatic N) is 1. The lowest BCUT2D eigenvalue weighted by molar-refractivity contribution is 0.194. The Hall–Kier alpha value is -1.65. The smallest absolute Gasteiger partial charge is 0.145 e. The van der Waals surface area contributed by atoms with Crippen LogP contribution in [-0.4, -0.2) is 10.1 Å². The van der Waals surface area contributed by atoms with Crippen molar-refractivity contribution < 1.29 is 14.2 Å². The van der Waals surface area contributed by atoms with E-state index < -0.39 is 11.9 Å². The van der Waals surface area contributed by atoms with Gasteiger partial charge in [0.15, 0.2) is 0 Å². The molecule has 3 nitrogen and oxygen atoms in total. The van der Waals surface area contributed by atoms with Gasteiger partial charge in [-0.1, -0.05) is 11.6 Å². The van der Waals surface area contributed by atoms with E-state index in [1.54, 1.807) is 25.1 Å². The third kappa shape index (κ3) is 2.97. The molecule has 0 fully saturated rings. The maximum Gasteiger partial charge on any atom is 0.145 e. The fraction of sp³-hybridized carbons (Fsp3) is 0.154. The molecule has 5 heteroatoms. The molecular formula is C13H11ClFNO2. The zero-order chi connectivity index (χ0) is 13.1. The highest BCUT2D eigenvalue weighted by atomic mass is 35.5. The van der Waals surface area contributed by atoms with Gasteiger partial charge in [0.05, 0.1) is 23.0 Å². The van der Waals surface area contributed by atoms with Crippen LogP contribution in [0.3, 0.4) is 0 Å². The highest BCUT2D eigenvalue weighted by molar-refractivity contribution is 6.30. The van der Waals surface area contributed by atoms with Gasteiger partial charge >= 0.3 is 0 Å². The summed E-state index contributed by atoms with van der Waals surface area (Å²) in [6.45, 7) is 1.62. The highest BCUT2D eigenvalue weighted by Crippen LogP contribution is 2.25. The van der Waals surface area contributed by atoms with Crippen molar-refractivity contribution in [1.82, 2.24) is 4.98 Å². The second kappa shape index (κ2) is 5.33. The van der Waals surface area contributed by atoms with Crippen LogP contribution in [-0.2, 0) is 0 Å². The fourth-order valence-corrected chi connectivity index (χ4v) is 1.49. The predicted molar refractivity (Wildman–Crippen MR) is 66.4 cm³/mol. The Morgan fingerprint density at radius 3 is 2.56 bits per heavy atom. The minimum Gasteiger partial charge on any atom is -0.456 e. The molecule has 0 aliphatic heterocycles. The van der Waals surface area contributed by atoms with Gasteiger partial charge in [-0.2, -0.15) is 0 Å². The average Bonchev–Trinajstić information content (AvgIpc) is 2.34. The number of aliphatic hydroxyl groups is 1. The van der Waals surface area contributed by atoms with E-state index in [0.717, 1.165) is 0 Å². The van der Waals surface area contributed by atoms with Gasteiger partial charge < -0.3 is 9.84 Å². The Bertz CT molecular complexity index is 543. The number of ether oxygens (including phenoxy) is 1. The van der Waals surface area contributed by atoms with Crippen LogP contribution in [0.2, 0.25) is 5.02 Å². The van der Waals surface area contributed by atoms with Crippen molar-refractivity contribution in [2.75, 3.05) is 0 Å². The van der Waals surface area contributed by atoms with E-state index in [0.29, 0.717) is 17.2 Å². The average molecular weight is 268 g/mol. The van der Waals surface area contributed by atoms with Gasteiger partial charge in [0.2, 0.25) is 0 Å². The van der Waals surface area contributed by atoms with Crippen LogP contribution in [0.15, 0.2) is 36.5 Å². The molecule has 2 rings (SSSR count). The van der Waals surface area contributed by atoms with Gasteiger partial charge in [0, 0.05) is 6.07 Å². The number of halogens is 2. The number of hydrogen-bond acceptors (Lipinski definition) is 3. The fourth-order valence-electron chi connectivity index (χ4n) is 1.38. The van der Waals surface area contributed by atoms with Gasteiger partial charge in [-0.25, -0.2) is 4.39 Å². The maximum absolute atomic E-state index is 13.2. The number of aliphatic hydroxyl groups excluding tert-OH is 1. The summed E-state index contributed by atoms with van der Waals surface area (Å²) in [6.07, 6.45) is 0.834. The van der Waals surface area contributed by atoms with Gasteiger partial charge in [-0.3, -0.25) is 4.98 Å². The first kappa shape index (κ1) is 12.8. The summed E-state index contributed by atoms with van der Waals surface area (Å²) < 4.78 is 18.6. The SMILES string of the molecule is C[C@@H](O)c1ccc(Oc2ccc(Cl)c(F)c2)cn1. The van der Waals surface area contributed by atoms with Crippen LogP contribution in [0.1, 0.15) is 18.7 Å². The third-order valence-electron chi connectivity index (χ3n) is 2.31. The lowest BCUT2D eigenvalue weighted by Gasteiger charge is -2.07. The zero-order valence-corrected chi connectivity index (χ0v) is 10.4. The number of aromatic nitrogens is 1. The first-order chi connectivity index (χ1) is 8.56. The van der Waals surface area contributed by atoms with Crippen molar-refractivity contribution in [3.05, 3.63) is 53.1 Å². The highest BCUT2D eigenvalue weighted by Gasteiger charge is 2.05. The zero-order valence-electron chi connectivity index (χ0n) is 9.60. The van der Waals surface area contributed by atoms with Crippen molar-refractivity contribution >= 4 is 11.6 Å². The summed E-state index contributed by atoms with van der Waals surface area (Å²) in [4.78, 5) is 4.02. The van der Waals surface area contributed by atoms with Crippen LogP contribution < -0.4 is 4.74 Å². The molecule has 0 aliphatic rings. The Morgan fingerprint density at radius 1 is 1.28 bits per heavy atom. The second-order valence-corrected chi connectivity index (χ2v) is 4.18. The normalized spacial score (nSPS) is 12.2. The topological polar surface area (TPSA) is 42.4 Å². The molecule has 1 atom stereocenters. The van der Waals surface area contributed by atoms with Gasteiger partial charge in [-0.15, -0.1) is 0 Å². The molecule has 0 spiro atoms. The first-order valence-electron chi connectivity index (χ1n) is 5.33. The van der Waals surface area contributed by atoms with Crippen LogP contribution >= 0.6 is 11.6 Å². The minimum absolute atomic E-state index is 0.0462. The Morgan fingerprint density at radius 2 is 2.00 bits per heavy atom. The standard InChI is InChI=1S/C13H11ClFNO2/c1-8(17)13-5-3-10(7-16-13)18-9-2-4-11(14)12(15)6-9/h2-8,17H,1H3/t8-/m1/s1. The first-order valence-corrected chi connectivity index (χ1v) is 5.71. The van der Waals surface area contributed by atoms with E-state index in [1.807, 2.05) is 0 Å². The largest absolute Gasteiger partial charge is 0.456 e. The van der Waals surface area contributed by atoms with Gasteiger partial charge in [0.1, 0.15) is 17.3 Å². The number of hydrogen-bond donors (Lipinski definition) is 1. The molecule has 1 N–H and O–H groups in total. The predicted octanol–water partition coefficient (Wildman–Crippen LogP) is 3.72. The lowest BCUT2D eigenvalue weighted by atomic mass is 10.2. The molecule has 0 amide bonds. The summed E-state index contributed by atoms with van der Waals surface area (Å²) >= 11 is 5.57. The van der Waals surface area contributed by atoms with E-state index in [4.69, 9.17) is 16.3 Å². The van der Waals surface area contributed by atoms with Crippen LogP contribution in [0.4, 0.5) is 4.39 Å². The molecule has 0 unspecified atom stereocenters. The van der Waals surface area contributed by atoms with Crippen molar-refractivity contribution in [1.29, 1.82) is 0 Å². The summed E-state index contributed by atoms with van der Waals surface area (Å²) in [5.74, 6) is 0.257. The second-order valence-electron chi connectivity index (χ2n) is 3.77. The molecule has 94 valence electrons. The Balaban J connectivity index is 2.15. The van der Waals surface area contributed by atoms with Gasteiger partial charge in [-0.05, 0) is 31.2 Å². The van der Waals surface area contributed by atoms with Gasteiger partial charge in [0.25, 0.3) is 0 Å². The quantitative estimate of drug-likeness (QED) is 0.922. The number of benzene rings is 1. The Labute approximate surface area is 109 Å². The van der Waals surface area contributed by atoms with E-state index in [1.165, 1.54) is 18.3 Å². The lowest BCUT2D eigenvalue weighted by Crippen LogP contribution is -1.95. The number of rotatable bonds is 3. The molecule has 0 saturated carbocycles. The van der Waals surface area contributed by atoms with E-state index in [2.05, 4.69) is 4.98 Å². The van der Waals surface area contributed by atoms with Crippen molar-refractivity contribution in [3.63, 3.8) is 0 Å². The van der Waals surface area contributed by atoms with Crippen LogP contribution in [0, 0.1) is 5.82 Å². The molecule has 1 aromatic carbocycles. The van der Waals surface area contributed by atoms with Crippen LogP contribution in [0.25, 0.3) is 0 Å². The molecule has 2 aromatic rings. The molecule has 0 radical (unpaired) electrons. The molecule has 1 heterocycles. The molecule has 18 heavy (non-hydrogen) atoms. The summed E-state index contributed by atoms with van der Waals surface area (Å²) in [5, 5.41) is 9.35. The van der Waals surface area contributed by atoms with Crippen molar-refractivity contribution in [3.8, 4) is 11.5 Å². The van der Waals surface area contributed by atoms with E-state index in [-0.39, 0.29) is 5.02 Å². The van der Waals surface area contributed by atoms with E-state index >= 15 is 0 Å². The molecule has 0 saturated heterocycles. The maximum atomic E-state index is 13.2. The van der Waals surface area contributed by atoms with Crippen molar-refractivity contribution in [2.24, 2.45) is 0 Å². The Kier molecular flexibility index (Phi) is 3.79. The molecule has 0 bridgehead atoms. The third-order valence-corrected chi connectivity index (χ3v) is 2.62. The van der Waals surface area contributed by atoms with E-state index in [9.17, 15) is 9.50 Å². The summed E-state index contributed by atoms with van der Waals surface area (Å²) in [6, 6.07) is 7.48. The minimum atomic E-state index is -0.632. The molecule has 0 aliphatic carbocycles. The number of pyridine rings is 1. The van der Waals surface area contributed by atoms with Crippen molar-refractivity contribution in [2.45, 2.75) is 13.0 Å². The molecular weight excluding hydrogens is 257 g/mol. The monoisotopic (exact) mass is 267 g/mol.